The van der Waals surface area contributed by atoms with Crippen LogP contribution in [-0.2, 0) is 4.74 Å². The van der Waals surface area contributed by atoms with Crippen LogP contribution in [0.5, 0.6) is 0 Å². The van der Waals surface area contributed by atoms with Crippen molar-refractivity contribution in [2.45, 2.75) is 40.2 Å². The van der Waals surface area contributed by atoms with Crippen molar-refractivity contribution in [1.29, 1.82) is 0 Å². The van der Waals surface area contributed by atoms with Crippen LogP contribution in [0, 0.1) is 13.8 Å². The topological polar surface area (TPSA) is 75.6 Å². The highest BCUT2D eigenvalue weighted by Crippen LogP contribution is 2.46. The van der Waals surface area contributed by atoms with E-state index in [0.717, 1.165) is 43.5 Å². The third-order valence-corrected chi connectivity index (χ3v) is 8.13. The molecule has 0 radical (unpaired) electrons. The molecule has 1 aliphatic carbocycles. The van der Waals surface area contributed by atoms with Gasteiger partial charge in [-0.2, -0.15) is 0 Å². The molecule has 35 heavy (non-hydrogen) atoms. The number of benzene rings is 1. The fourth-order valence-electron chi connectivity index (χ4n) is 4.53. The molecule has 1 aromatic carbocycles. The second-order valence-electron chi connectivity index (χ2n) is 9.80. The lowest BCUT2D eigenvalue weighted by Gasteiger charge is -2.36. The van der Waals surface area contributed by atoms with Crippen molar-refractivity contribution in [2.24, 2.45) is 0 Å². The molecule has 1 aliphatic heterocycles. The summed E-state index contributed by atoms with van der Waals surface area (Å²) in [6.45, 7) is 12.1. The van der Waals surface area contributed by atoms with Gasteiger partial charge in [-0.05, 0) is 52.3 Å². The van der Waals surface area contributed by atoms with Gasteiger partial charge in [0.25, 0.3) is 0 Å². The first-order chi connectivity index (χ1) is 16.6. The Kier molecular flexibility index (Phi) is 6.01. The third kappa shape index (κ3) is 4.38. The zero-order valence-corrected chi connectivity index (χ0v) is 22.2. The van der Waals surface area contributed by atoms with Gasteiger partial charge in [-0.25, -0.2) is 14.8 Å². The van der Waals surface area contributed by atoms with Gasteiger partial charge in [0.15, 0.2) is 5.78 Å². The van der Waals surface area contributed by atoms with E-state index in [0.29, 0.717) is 31.7 Å². The van der Waals surface area contributed by atoms with Crippen molar-refractivity contribution >= 4 is 51.4 Å². The maximum Gasteiger partial charge on any atom is 0.410 e. The molecular weight excluding hydrogens is 480 g/mol. The van der Waals surface area contributed by atoms with Crippen LogP contribution in [0.2, 0.25) is 0 Å². The van der Waals surface area contributed by atoms with Crippen molar-refractivity contribution in [1.82, 2.24) is 14.9 Å². The third-order valence-electron chi connectivity index (χ3n) is 6.24. The van der Waals surface area contributed by atoms with E-state index >= 15 is 0 Å². The number of ether oxygens (including phenoxy) is 1. The Morgan fingerprint density at radius 2 is 1.51 bits per heavy atom. The van der Waals surface area contributed by atoms with Gasteiger partial charge in [0.05, 0.1) is 37.7 Å². The quantitative estimate of drug-likeness (QED) is 0.470. The van der Waals surface area contributed by atoms with Crippen molar-refractivity contribution < 1.29 is 14.3 Å². The molecule has 0 N–H and O–H groups in total. The molecule has 0 atom stereocenters. The minimum atomic E-state index is -0.510. The summed E-state index contributed by atoms with van der Waals surface area (Å²) in [7, 11) is 0. The van der Waals surface area contributed by atoms with Crippen LogP contribution < -0.4 is 4.90 Å². The van der Waals surface area contributed by atoms with Gasteiger partial charge in [-0.15, -0.1) is 22.7 Å². The summed E-state index contributed by atoms with van der Waals surface area (Å²) in [6.07, 6.45) is -0.278. The van der Waals surface area contributed by atoms with Crippen LogP contribution in [0.1, 0.15) is 57.8 Å². The number of aromatic nitrogens is 2. The number of carbonyl (C=O) groups excluding carboxylic acids is 2. The van der Waals surface area contributed by atoms with Crippen LogP contribution in [0.3, 0.4) is 0 Å². The highest BCUT2D eigenvalue weighted by molar-refractivity contribution is 7.12. The van der Waals surface area contributed by atoms with E-state index in [1.54, 1.807) is 21.7 Å². The fourth-order valence-corrected chi connectivity index (χ4v) is 6.25. The number of ketones is 1. The molecule has 1 fully saturated rings. The number of allylic oxidation sites excluding steroid dienone is 1. The second-order valence-corrected chi connectivity index (χ2v) is 11.5. The Labute approximate surface area is 213 Å². The first kappa shape index (κ1) is 23.7. The SMILES string of the molecule is Cc1ncsc1C1=C(c2scnc2C)c2ccc(N3CCN(C(=O)OC(C)(C)C)CC3)cc2C1=O. The number of piperazine rings is 1. The van der Waals surface area contributed by atoms with Crippen LogP contribution in [0.4, 0.5) is 10.5 Å². The van der Waals surface area contributed by atoms with Crippen molar-refractivity contribution in [2.75, 3.05) is 31.1 Å². The van der Waals surface area contributed by atoms with E-state index in [-0.39, 0.29) is 11.9 Å². The van der Waals surface area contributed by atoms with E-state index < -0.39 is 5.60 Å². The van der Waals surface area contributed by atoms with E-state index in [1.165, 1.54) is 11.3 Å². The fraction of sp³-hybridized carbons (Fsp3) is 0.385. The van der Waals surface area contributed by atoms with Gasteiger partial charge in [-0.3, -0.25) is 4.79 Å². The van der Waals surface area contributed by atoms with Gasteiger partial charge in [-0.1, -0.05) is 6.07 Å². The largest absolute Gasteiger partial charge is 0.444 e. The molecule has 0 unspecified atom stereocenters. The number of amides is 1. The van der Waals surface area contributed by atoms with Crippen LogP contribution in [0.15, 0.2) is 29.2 Å². The number of Topliss-reactive ketones (excluding diaryl/α,β-unsaturated/α-hetero) is 1. The standard InChI is InChI=1S/C26H28N4O3S2/c1-15-23(34-13-27-15)20-18-7-6-17(12-19(18)22(31)21(20)24-16(2)28-14-35-24)29-8-10-30(11-9-29)25(32)33-26(3,4)5/h6-7,12-14H,8-11H2,1-5H3. The number of hydrogen-bond donors (Lipinski definition) is 0. The molecule has 1 amide bonds. The van der Waals surface area contributed by atoms with Gasteiger partial charge in [0.1, 0.15) is 5.60 Å². The lowest BCUT2D eigenvalue weighted by atomic mass is 10.0. The van der Waals surface area contributed by atoms with Crippen molar-refractivity contribution in [3.8, 4) is 0 Å². The first-order valence-electron chi connectivity index (χ1n) is 11.6. The molecule has 2 aliphatic rings. The highest BCUT2D eigenvalue weighted by Gasteiger charge is 2.35. The molecule has 9 heteroatoms. The maximum absolute atomic E-state index is 13.8. The Morgan fingerprint density at radius 1 is 0.914 bits per heavy atom. The molecule has 182 valence electrons. The Balaban J connectivity index is 1.44. The van der Waals surface area contributed by atoms with Gasteiger partial charge >= 0.3 is 6.09 Å². The lowest BCUT2D eigenvalue weighted by Crippen LogP contribution is -2.50. The van der Waals surface area contributed by atoms with E-state index in [2.05, 4.69) is 27.0 Å². The number of carbonyl (C=O) groups is 2. The first-order valence-corrected chi connectivity index (χ1v) is 13.4. The molecule has 3 heterocycles. The monoisotopic (exact) mass is 508 g/mol. The number of fused-ring (bicyclic) bond motifs is 1. The van der Waals surface area contributed by atoms with Gasteiger partial charge < -0.3 is 14.5 Å². The summed E-state index contributed by atoms with van der Waals surface area (Å²) in [5.74, 6) is 0.0318. The second kappa shape index (κ2) is 8.87. The van der Waals surface area contributed by atoms with Crippen LogP contribution in [-0.4, -0.2) is 58.5 Å². The molecule has 2 aromatic heterocycles. The smallest absolute Gasteiger partial charge is 0.410 e. The maximum atomic E-state index is 13.8. The van der Waals surface area contributed by atoms with Gasteiger partial charge in [0, 0.05) is 43.0 Å². The average molecular weight is 509 g/mol. The Bertz CT molecular complexity index is 1340. The zero-order chi connectivity index (χ0) is 24.9. The van der Waals surface area contributed by atoms with E-state index in [4.69, 9.17) is 4.74 Å². The summed E-state index contributed by atoms with van der Waals surface area (Å²) in [6, 6.07) is 6.13. The average Bonchev–Trinajstić information content (AvgIpc) is 3.50. The van der Waals surface area contributed by atoms with Crippen molar-refractivity contribution in [3.63, 3.8) is 0 Å². The molecular formula is C26H28N4O3S2. The molecule has 1 saturated heterocycles. The normalized spacial score (nSPS) is 16.2. The van der Waals surface area contributed by atoms with E-state index in [1.807, 2.05) is 46.2 Å². The van der Waals surface area contributed by atoms with Gasteiger partial charge in [0.2, 0.25) is 0 Å². The molecule has 5 rings (SSSR count). The molecule has 0 spiro atoms. The Morgan fingerprint density at radius 3 is 2.06 bits per heavy atom. The summed E-state index contributed by atoms with van der Waals surface area (Å²) in [4.78, 5) is 41.0. The lowest BCUT2D eigenvalue weighted by molar-refractivity contribution is 0.0240. The number of thiazole rings is 2. The number of anilines is 1. The minimum Gasteiger partial charge on any atom is -0.444 e. The number of hydrogen-bond acceptors (Lipinski definition) is 8. The molecule has 0 bridgehead atoms. The number of nitrogens with zero attached hydrogens (tertiary/aromatic N) is 4. The zero-order valence-electron chi connectivity index (χ0n) is 20.5. The minimum absolute atomic E-state index is 0.0318. The summed E-state index contributed by atoms with van der Waals surface area (Å²) >= 11 is 3.06. The molecule has 3 aromatic rings. The Hall–Kier alpha value is -3.04. The predicted octanol–water partition coefficient (Wildman–Crippen LogP) is 5.43. The molecule has 7 nitrogen and oxygen atoms in total. The predicted molar refractivity (Wildman–Crippen MR) is 140 cm³/mol. The summed E-state index contributed by atoms with van der Waals surface area (Å²) in [5, 5.41) is 0. The van der Waals surface area contributed by atoms with E-state index in [9.17, 15) is 9.59 Å². The summed E-state index contributed by atoms with van der Waals surface area (Å²) in [5.41, 5.74) is 9.22. The van der Waals surface area contributed by atoms with Crippen molar-refractivity contribution in [3.05, 3.63) is 61.5 Å². The van der Waals surface area contributed by atoms with Crippen LogP contribution >= 0.6 is 22.7 Å². The molecule has 0 saturated carbocycles. The number of aryl methyl sites for hydroxylation is 2. The van der Waals surface area contributed by atoms with Crippen LogP contribution in [0.25, 0.3) is 11.1 Å². The highest BCUT2D eigenvalue weighted by atomic mass is 32.1. The summed E-state index contributed by atoms with van der Waals surface area (Å²) < 4.78 is 5.52. The number of rotatable bonds is 3.